The van der Waals surface area contributed by atoms with Gasteiger partial charge in [-0.25, -0.2) is 4.98 Å². The molecular formula is C20H25N3O4. The van der Waals surface area contributed by atoms with Gasteiger partial charge in [-0.15, -0.1) is 0 Å². The van der Waals surface area contributed by atoms with Gasteiger partial charge in [-0.3, -0.25) is 9.78 Å². The lowest BCUT2D eigenvalue weighted by atomic mass is 9.87. The van der Waals surface area contributed by atoms with Crippen LogP contribution in [0.2, 0.25) is 0 Å². The van der Waals surface area contributed by atoms with Gasteiger partial charge in [0.05, 0.1) is 37.9 Å². The first kappa shape index (κ1) is 18.0. The Kier molecular flexibility index (Phi) is 5.38. The summed E-state index contributed by atoms with van der Waals surface area (Å²) in [6, 6.07) is 4.13. The molecule has 4 rings (SSSR count). The van der Waals surface area contributed by atoms with Crippen molar-refractivity contribution in [2.24, 2.45) is 5.92 Å². The number of rotatable bonds is 4. The van der Waals surface area contributed by atoms with E-state index in [0.717, 1.165) is 74.5 Å². The van der Waals surface area contributed by atoms with Crippen LogP contribution in [0, 0.1) is 5.92 Å². The maximum Gasteiger partial charge on any atom is 0.308 e. The van der Waals surface area contributed by atoms with Crippen molar-refractivity contribution in [2.75, 3.05) is 38.3 Å². The summed E-state index contributed by atoms with van der Waals surface area (Å²) in [4.78, 5) is 23.0. The molecule has 0 unspecified atom stereocenters. The van der Waals surface area contributed by atoms with Crippen LogP contribution in [0.25, 0.3) is 11.0 Å². The van der Waals surface area contributed by atoms with Crippen LogP contribution in [0.5, 0.6) is 5.75 Å². The summed E-state index contributed by atoms with van der Waals surface area (Å²) in [5, 5.41) is 0. The summed E-state index contributed by atoms with van der Waals surface area (Å²) in [5.41, 5.74) is 2.70. The summed E-state index contributed by atoms with van der Waals surface area (Å²) < 4.78 is 16.7. The van der Waals surface area contributed by atoms with E-state index in [-0.39, 0.29) is 18.0 Å². The van der Waals surface area contributed by atoms with Crippen LogP contribution in [0.3, 0.4) is 0 Å². The number of esters is 1. The summed E-state index contributed by atoms with van der Waals surface area (Å²) in [7, 11) is 1.45. The second kappa shape index (κ2) is 8.08. The number of fused-ring (bicyclic) bond motifs is 1. The van der Waals surface area contributed by atoms with Crippen LogP contribution in [-0.2, 0) is 14.3 Å². The van der Waals surface area contributed by atoms with Crippen LogP contribution in [0.1, 0.15) is 25.7 Å². The molecule has 1 saturated heterocycles. The van der Waals surface area contributed by atoms with Crippen LogP contribution in [0.4, 0.5) is 5.69 Å². The molecule has 2 heterocycles. The second-order valence-corrected chi connectivity index (χ2v) is 7.08. The standard InChI is InChI=1S/C20H25N3O4/c1-25-20(24)14-2-4-16(5-3-14)27-18-13-15(23-8-10-26-11-9-23)12-17-19(18)22-7-6-21-17/h6-7,12-14,16H,2-5,8-11H2,1H3. The molecule has 0 amide bonds. The minimum absolute atomic E-state index is 0.00827. The van der Waals surface area contributed by atoms with Gasteiger partial charge in [0, 0.05) is 37.2 Å². The van der Waals surface area contributed by atoms with E-state index in [4.69, 9.17) is 14.2 Å². The van der Waals surface area contributed by atoms with E-state index >= 15 is 0 Å². The molecule has 0 spiro atoms. The Labute approximate surface area is 158 Å². The third-order valence-corrected chi connectivity index (χ3v) is 5.40. The lowest BCUT2D eigenvalue weighted by Gasteiger charge is -2.30. The SMILES string of the molecule is COC(=O)C1CCC(Oc2cc(N3CCOCC3)cc3nccnc23)CC1. The fraction of sp³-hybridized carbons (Fsp3) is 0.550. The molecule has 27 heavy (non-hydrogen) atoms. The highest BCUT2D eigenvalue weighted by molar-refractivity contribution is 5.85. The summed E-state index contributed by atoms with van der Waals surface area (Å²) in [6.07, 6.45) is 6.74. The lowest BCUT2D eigenvalue weighted by Crippen LogP contribution is -2.36. The van der Waals surface area contributed by atoms with E-state index in [2.05, 4.69) is 27.0 Å². The fourth-order valence-corrected chi connectivity index (χ4v) is 3.89. The van der Waals surface area contributed by atoms with Gasteiger partial charge in [0.1, 0.15) is 11.3 Å². The molecule has 2 aliphatic rings. The quantitative estimate of drug-likeness (QED) is 0.765. The zero-order valence-corrected chi connectivity index (χ0v) is 15.6. The van der Waals surface area contributed by atoms with Crippen molar-refractivity contribution >= 4 is 22.7 Å². The highest BCUT2D eigenvalue weighted by Gasteiger charge is 2.28. The maximum absolute atomic E-state index is 11.7. The number of hydrogen-bond donors (Lipinski definition) is 0. The number of morpholine rings is 1. The molecule has 2 aromatic rings. The van der Waals surface area contributed by atoms with E-state index in [9.17, 15) is 4.79 Å². The zero-order valence-electron chi connectivity index (χ0n) is 15.6. The number of carbonyl (C=O) groups is 1. The topological polar surface area (TPSA) is 73.8 Å². The first-order valence-electron chi connectivity index (χ1n) is 9.56. The predicted octanol–water partition coefficient (Wildman–Crippen LogP) is 2.58. The normalized spacial score (nSPS) is 23.2. The Morgan fingerprint density at radius 3 is 2.59 bits per heavy atom. The van der Waals surface area contributed by atoms with E-state index in [0.29, 0.717) is 0 Å². The Hall–Kier alpha value is -2.41. The Morgan fingerprint density at radius 2 is 1.85 bits per heavy atom. The van der Waals surface area contributed by atoms with Crippen LogP contribution >= 0.6 is 0 Å². The van der Waals surface area contributed by atoms with Crippen LogP contribution in [0.15, 0.2) is 24.5 Å². The zero-order chi connectivity index (χ0) is 18.6. The average molecular weight is 371 g/mol. The number of ether oxygens (including phenoxy) is 3. The van der Waals surface area contributed by atoms with Crippen molar-refractivity contribution in [3.63, 3.8) is 0 Å². The monoisotopic (exact) mass is 371 g/mol. The van der Waals surface area contributed by atoms with Crippen molar-refractivity contribution in [2.45, 2.75) is 31.8 Å². The molecule has 1 aromatic carbocycles. The maximum atomic E-state index is 11.7. The van der Waals surface area contributed by atoms with Gasteiger partial charge in [0.15, 0.2) is 0 Å². The third kappa shape index (κ3) is 3.98. The Morgan fingerprint density at radius 1 is 1.11 bits per heavy atom. The molecule has 2 fully saturated rings. The van der Waals surface area contributed by atoms with Gasteiger partial charge >= 0.3 is 5.97 Å². The van der Waals surface area contributed by atoms with Gasteiger partial charge in [-0.2, -0.15) is 0 Å². The average Bonchev–Trinajstić information content (AvgIpc) is 2.74. The Balaban J connectivity index is 1.54. The van der Waals surface area contributed by atoms with Crippen molar-refractivity contribution in [1.82, 2.24) is 9.97 Å². The molecule has 1 saturated carbocycles. The Bertz CT molecular complexity index is 799. The van der Waals surface area contributed by atoms with Gasteiger partial charge in [-0.05, 0) is 31.7 Å². The molecule has 0 atom stereocenters. The highest BCUT2D eigenvalue weighted by Crippen LogP contribution is 2.34. The summed E-state index contributed by atoms with van der Waals surface area (Å²) >= 11 is 0. The van der Waals surface area contributed by atoms with Gasteiger partial charge in [0.25, 0.3) is 0 Å². The van der Waals surface area contributed by atoms with Crippen LogP contribution < -0.4 is 9.64 Å². The number of nitrogens with zero attached hydrogens (tertiary/aromatic N) is 3. The van der Waals surface area contributed by atoms with Crippen molar-refractivity contribution < 1.29 is 19.0 Å². The number of benzene rings is 1. The van der Waals surface area contributed by atoms with Crippen LogP contribution in [-0.4, -0.2) is 55.5 Å². The number of aromatic nitrogens is 2. The molecule has 1 aliphatic carbocycles. The third-order valence-electron chi connectivity index (χ3n) is 5.40. The fourth-order valence-electron chi connectivity index (χ4n) is 3.89. The minimum Gasteiger partial charge on any atom is -0.488 e. The minimum atomic E-state index is -0.112. The van der Waals surface area contributed by atoms with E-state index < -0.39 is 0 Å². The summed E-state index contributed by atoms with van der Waals surface area (Å²) in [6.45, 7) is 3.17. The molecule has 0 bridgehead atoms. The van der Waals surface area contributed by atoms with E-state index in [1.54, 1.807) is 12.4 Å². The van der Waals surface area contributed by atoms with E-state index in [1.807, 2.05) is 0 Å². The first-order valence-corrected chi connectivity index (χ1v) is 9.56. The highest BCUT2D eigenvalue weighted by atomic mass is 16.5. The number of anilines is 1. The second-order valence-electron chi connectivity index (χ2n) is 7.08. The molecule has 0 N–H and O–H groups in total. The predicted molar refractivity (Wildman–Crippen MR) is 101 cm³/mol. The van der Waals surface area contributed by atoms with Gasteiger partial charge in [0.2, 0.25) is 0 Å². The van der Waals surface area contributed by atoms with Crippen molar-refractivity contribution in [3.05, 3.63) is 24.5 Å². The molecule has 144 valence electrons. The molecule has 7 heteroatoms. The van der Waals surface area contributed by atoms with Gasteiger partial charge < -0.3 is 19.1 Å². The van der Waals surface area contributed by atoms with Gasteiger partial charge in [-0.1, -0.05) is 0 Å². The molecule has 1 aliphatic heterocycles. The molecule has 1 aromatic heterocycles. The molecular weight excluding hydrogens is 346 g/mol. The lowest BCUT2D eigenvalue weighted by molar-refractivity contribution is -0.147. The number of carbonyl (C=O) groups excluding carboxylic acids is 1. The first-order chi connectivity index (χ1) is 13.2. The smallest absolute Gasteiger partial charge is 0.308 e. The molecule has 7 nitrogen and oxygen atoms in total. The molecule has 0 radical (unpaired) electrons. The largest absolute Gasteiger partial charge is 0.488 e. The van der Waals surface area contributed by atoms with Crippen molar-refractivity contribution in [1.29, 1.82) is 0 Å². The van der Waals surface area contributed by atoms with Crippen molar-refractivity contribution in [3.8, 4) is 5.75 Å². The number of methoxy groups -OCH3 is 1. The van der Waals surface area contributed by atoms with E-state index in [1.165, 1.54) is 7.11 Å². The summed E-state index contributed by atoms with van der Waals surface area (Å²) in [5.74, 6) is 0.647. The number of hydrogen-bond acceptors (Lipinski definition) is 7.